The summed E-state index contributed by atoms with van der Waals surface area (Å²) < 4.78 is 47.3. The van der Waals surface area contributed by atoms with Crippen LogP contribution in [-0.2, 0) is 9.84 Å². The highest BCUT2D eigenvalue weighted by atomic mass is 32.2. The lowest BCUT2D eigenvalue weighted by Gasteiger charge is -1.98. The Balaban J connectivity index is 3.32. The van der Waals surface area contributed by atoms with Crippen LogP contribution in [0.2, 0.25) is 0 Å². The zero-order valence-corrected chi connectivity index (χ0v) is 8.16. The minimum atomic E-state index is -4.40. The number of halogens is 2. The number of benzene rings is 1. The molecule has 0 aromatic heterocycles. The van der Waals surface area contributed by atoms with E-state index in [9.17, 15) is 17.2 Å². The van der Waals surface area contributed by atoms with Gasteiger partial charge < -0.3 is 5.53 Å². The van der Waals surface area contributed by atoms with Crippen molar-refractivity contribution in [1.29, 1.82) is 0 Å². The minimum Gasteiger partial charge on any atom is -0.360 e. The van der Waals surface area contributed by atoms with E-state index in [0.29, 0.717) is 0 Å². The molecule has 0 atom stereocenters. The zero-order valence-electron chi connectivity index (χ0n) is 7.34. The molecule has 15 heavy (non-hydrogen) atoms. The van der Waals surface area contributed by atoms with E-state index >= 15 is 0 Å². The van der Waals surface area contributed by atoms with Gasteiger partial charge in [0.25, 0.3) is 9.84 Å². The van der Waals surface area contributed by atoms with Gasteiger partial charge >= 0.3 is 11.5 Å². The number of sulfone groups is 1. The van der Waals surface area contributed by atoms with E-state index in [1.165, 1.54) is 18.2 Å². The molecule has 0 spiro atoms. The first-order valence-electron chi connectivity index (χ1n) is 3.80. The van der Waals surface area contributed by atoms with E-state index in [2.05, 4.69) is 4.79 Å². The molecule has 0 unspecified atom stereocenters. The fourth-order valence-electron chi connectivity index (χ4n) is 0.935. The normalized spacial score (nSPS) is 11.1. The van der Waals surface area contributed by atoms with Gasteiger partial charge in [0.1, 0.15) is 0 Å². The topological polar surface area (TPSA) is 70.5 Å². The second kappa shape index (κ2) is 4.29. The molecule has 7 heteroatoms. The van der Waals surface area contributed by atoms with E-state index in [1.54, 1.807) is 0 Å². The Morgan fingerprint density at radius 1 is 1.27 bits per heavy atom. The summed E-state index contributed by atoms with van der Waals surface area (Å²) >= 11 is 0. The van der Waals surface area contributed by atoms with Crippen molar-refractivity contribution in [3.63, 3.8) is 0 Å². The standard InChI is InChI=1S/C8H6F2N2O2S/c9-7(10)8(12-11)15(13,14)6-4-2-1-3-5-6/h1-5,7H. The summed E-state index contributed by atoms with van der Waals surface area (Å²) in [4.78, 5) is 1.78. The van der Waals surface area contributed by atoms with Crippen LogP contribution in [0.15, 0.2) is 35.2 Å². The number of hydrogen-bond acceptors (Lipinski definition) is 2. The summed E-state index contributed by atoms with van der Waals surface area (Å²) in [5.41, 5.74) is 8.22. The van der Waals surface area contributed by atoms with Crippen LogP contribution in [-0.4, -0.2) is 24.7 Å². The molecule has 0 N–H and O–H groups in total. The third kappa shape index (κ3) is 2.26. The third-order valence-corrected chi connectivity index (χ3v) is 3.32. The quantitative estimate of drug-likeness (QED) is 0.334. The summed E-state index contributed by atoms with van der Waals surface area (Å²) in [5.74, 6) is 0. The van der Waals surface area contributed by atoms with E-state index < -0.39 is 21.3 Å². The maximum atomic E-state index is 12.2. The smallest absolute Gasteiger partial charge is 0.360 e. The largest absolute Gasteiger partial charge is 0.451 e. The van der Waals surface area contributed by atoms with Gasteiger partial charge in [-0.15, -0.1) is 0 Å². The fraction of sp³-hybridized carbons (Fsp3) is 0.125. The lowest BCUT2D eigenvalue weighted by molar-refractivity contribution is -0.0184. The van der Waals surface area contributed by atoms with Gasteiger partial charge in [-0.05, 0) is 12.1 Å². The summed E-state index contributed by atoms with van der Waals surface area (Å²) in [6.45, 7) is 0. The number of rotatable bonds is 2. The second-order valence-electron chi connectivity index (χ2n) is 2.56. The average Bonchev–Trinajstić information content (AvgIpc) is 2.19. The Hall–Kier alpha value is -1.59. The van der Waals surface area contributed by atoms with Gasteiger partial charge in [0.2, 0.25) is 0 Å². The molecule has 4 nitrogen and oxygen atoms in total. The first kappa shape index (κ1) is 11.5. The molecule has 0 amide bonds. The van der Waals surface area contributed by atoms with Crippen LogP contribution in [0.1, 0.15) is 0 Å². The number of hydrogen-bond donors (Lipinski definition) is 0. The van der Waals surface area contributed by atoms with Crippen molar-refractivity contribution in [2.24, 2.45) is 0 Å². The molecule has 0 aliphatic rings. The minimum absolute atomic E-state index is 0.335. The molecule has 0 fully saturated rings. The summed E-state index contributed by atoms with van der Waals surface area (Å²) in [5, 5.41) is -1.55. The monoisotopic (exact) mass is 232 g/mol. The van der Waals surface area contributed by atoms with Gasteiger partial charge in [-0.1, -0.05) is 18.2 Å². The molecule has 0 aliphatic heterocycles. The number of nitrogens with zero attached hydrogens (tertiary/aromatic N) is 2. The predicted octanol–water partition coefficient (Wildman–Crippen LogP) is 1.35. The van der Waals surface area contributed by atoms with Gasteiger partial charge in [-0.25, -0.2) is 8.42 Å². The lowest BCUT2D eigenvalue weighted by atomic mass is 10.4. The van der Waals surface area contributed by atoms with Crippen molar-refractivity contribution in [3.8, 4) is 0 Å². The Bertz CT molecular complexity index is 493. The van der Waals surface area contributed by atoms with E-state index in [-0.39, 0.29) is 4.90 Å². The van der Waals surface area contributed by atoms with E-state index in [0.717, 1.165) is 12.1 Å². The Morgan fingerprint density at radius 2 is 1.80 bits per heavy atom. The first-order valence-corrected chi connectivity index (χ1v) is 5.28. The van der Waals surface area contributed by atoms with Crippen molar-refractivity contribution >= 4 is 14.9 Å². The van der Waals surface area contributed by atoms with Crippen LogP contribution >= 0.6 is 0 Å². The first-order chi connectivity index (χ1) is 7.00. The molecule has 0 radical (unpaired) electrons. The van der Waals surface area contributed by atoms with Gasteiger partial charge in [-0.2, -0.15) is 13.6 Å². The van der Waals surface area contributed by atoms with Gasteiger partial charge in [0, 0.05) is 0 Å². The molecule has 0 saturated heterocycles. The van der Waals surface area contributed by atoms with Crippen LogP contribution in [0.4, 0.5) is 8.78 Å². The number of alkyl halides is 2. The molecular formula is C8H6F2N2O2S. The lowest BCUT2D eigenvalue weighted by Crippen LogP contribution is -2.23. The maximum Gasteiger partial charge on any atom is 0.451 e. The second-order valence-corrected chi connectivity index (χ2v) is 4.45. The Labute approximate surface area is 84.7 Å². The van der Waals surface area contributed by atoms with Crippen molar-refractivity contribution in [2.75, 3.05) is 0 Å². The van der Waals surface area contributed by atoms with Gasteiger partial charge in [-0.3, -0.25) is 0 Å². The summed E-state index contributed by atoms with van der Waals surface area (Å²) in [6.07, 6.45) is -3.35. The van der Waals surface area contributed by atoms with Crippen LogP contribution in [0, 0.1) is 0 Å². The van der Waals surface area contributed by atoms with Gasteiger partial charge in [0.15, 0.2) is 0 Å². The van der Waals surface area contributed by atoms with E-state index in [1.807, 2.05) is 0 Å². The Kier molecular flexibility index (Phi) is 3.28. The van der Waals surface area contributed by atoms with Crippen molar-refractivity contribution in [1.82, 2.24) is 0 Å². The summed E-state index contributed by atoms with van der Waals surface area (Å²) in [7, 11) is -4.40. The van der Waals surface area contributed by atoms with Crippen LogP contribution < -0.4 is 0 Å². The van der Waals surface area contributed by atoms with Crippen molar-refractivity contribution < 1.29 is 22.0 Å². The molecule has 0 aliphatic carbocycles. The molecule has 0 bridgehead atoms. The average molecular weight is 232 g/mol. The maximum absolute atomic E-state index is 12.2. The fourth-order valence-corrected chi connectivity index (χ4v) is 2.03. The highest BCUT2D eigenvalue weighted by Gasteiger charge is 2.38. The zero-order chi connectivity index (χ0) is 11.5. The van der Waals surface area contributed by atoms with Crippen molar-refractivity contribution in [3.05, 3.63) is 35.9 Å². The van der Waals surface area contributed by atoms with Crippen LogP contribution in [0.3, 0.4) is 0 Å². The predicted molar refractivity (Wildman–Crippen MR) is 48.3 cm³/mol. The van der Waals surface area contributed by atoms with Crippen LogP contribution in [0.25, 0.3) is 5.53 Å². The highest BCUT2D eigenvalue weighted by Crippen LogP contribution is 2.14. The van der Waals surface area contributed by atoms with E-state index in [4.69, 9.17) is 5.53 Å². The molecule has 0 heterocycles. The molecule has 1 aromatic rings. The molecular weight excluding hydrogens is 226 g/mol. The molecule has 1 rings (SSSR count). The summed E-state index contributed by atoms with van der Waals surface area (Å²) in [6, 6.07) is 6.59. The molecule has 1 aromatic carbocycles. The van der Waals surface area contributed by atoms with Crippen molar-refractivity contribution in [2.45, 2.75) is 11.3 Å². The third-order valence-electron chi connectivity index (χ3n) is 1.61. The molecule has 0 saturated carbocycles. The van der Waals surface area contributed by atoms with Crippen LogP contribution in [0.5, 0.6) is 0 Å². The highest BCUT2D eigenvalue weighted by molar-refractivity contribution is 8.06. The van der Waals surface area contributed by atoms with Gasteiger partial charge in [0.05, 0.1) is 4.90 Å². The molecule has 80 valence electrons. The SMILES string of the molecule is [N-]=[N+]=C(C(F)F)S(=O)(=O)c1ccccc1. The Morgan fingerprint density at radius 3 is 2.20 bits per heavy atom.